The Morgan fingerprint density at radius 3 is 2.71 bits per heavy atom. The molecular formula is C15H22N2O3S. The highest BCUT2D eigenvalue weighted by Crippen LogP contribution is 2.23. The monoisotopic (exact) mass is 310 g/mol. The molecule has 0 spiro atoms. The third kappa shape index (κ3) is 6.10. The standard InChI is InChI=1S/C15H22N2O3S/c1-10-9-13(21-12(10)5-6-14(18)19)15(20)16-11(2)7-8-17(3)4/h5-6,9,11H,7-8H2,1-4H3,(H,16,20)(H,18,19)/b6-5+. The maximum Gasteiger partial charge on any atom is 0.328 e. The highest BCUT2D eigenvalue weighted by molar-refractivity contribution is 7.15. The van der Waals surface area contributed by atoms with Gasteiger partial charge in [-0.1, -0.05) is 0 Å². The summed E-state index contributed by atoms with van der Waals surface area (Å²) in [6.07, 6.45) is 3.49. The molecule has 1 aromatic rings. The lowest BCUT2D eigenvalue weighted by atomic mass is 10.2. The number of carboxylic acids is 1. The van der Waals surface area contributed by atoms with Crippen LogP contribution >= 0.6 is 11.3 Å². The molecule has 0 aliphatic heterocycles. The van der Waals surface area contributed by atoms with Crippen molar-refractivity contribution in [3.63, 3.8) is 0 Å². The predicted octanol–water partition coefficient (Wildman–Crippen LogP) is 2.22. The second kappa shape index (κ2) is 7.95. The van der Waals surface area contributed by atoms with Gasteiger partial charge in [-0.15, -0.1) is 11.3 Å². The molecule has 5 nitrogen and oxygen atoms in total. The van der Waals surface area contributed by atoms with Crippen LogP contribution in [0.15, 0.2) is 12.1 Å². The lowest BCUT2D eigenvalue weighted by Gasteiger charge is -2.16. The van der Waals surface area contributed by atoms with E-state index in [-0.39, 0.29) is 11.9 Å². The zero-order valence-electron chi connectivity index (χ0n) is 12.8. The van der Waals surface area contributed by atoms with Crippen molar-refractivity contribution in [1.82, 2.24) is 10.2 Å². The first-order valence-corrected chi connectivity index (χ1v) is 7.58. The molecule has 0 fully saturated rings. The minimum atomic E-state index is -0.994. The fourth-order valence-corrected chi connectivity index (χ4v) is 2.72. The Kier molecular flexibility index (Phi) is 6.58. The highest BCUT2D eigenvalue weighted by Gasteiger charge is 2.14. The summed E-state index contributed by atoms with van der Waals surface area (Å²) < 4.78 is 0. The molecule has 2 N–H and O–H groups in total. The molecule has 1 amide bonds. The number of hydrogen-bond donors (Lipinski definition) is 2. The average Bonchev–Trinajstić information content (AvgIpc) is 2.75. The number of aryl methyl sites for hydroxylation is 1. The zero-order chi connectivity index (χ0) is 16.0. The number of amides is 1. The SMILES string of the molecule is Cc1cc(C(=O)NC(C)CCN(C)C)sc1/C=C/C(=O)O. The summed E-state index contributed by atoms with van der Waals surface area (Å²) in [6.45, 7) is 4.76. The molecule has 21 heavy (non-hydrogen) atoms. The van der Waals surface area contributed by atoms with Gasteiger partial charge in [0.15, 0.2) is 0 Å². The minimum absolute atomic E-state index is 0.0975. The Morgan fingerprint density at radius 1 is 1.48 bits per heavy atom. The van der Waals surface area contributed by atoms with Gasteiger partial charge >= 0.3 is 5.97 Å². The first-order chi connectivity index (χ1) is 9.79. The maximum atomic E-state index is 12.1. The molecule has 1 rings (SSSR count). The van der Waals surface area contributed by atoms with Crippen molar-refractivity contribution in [3.8, 4) is 0 Å². The molecule has 0 aromatic carbocycles. The van der Waals surface area contributed by atoms with E-state index >= 15 is 0 Å². The number of rotatable bonds is 7. The van der Waals surface area contributed by atoms with Gasteiger partial charge in [-0.25, -0.2) is 4.79 Å². The van der Waals surface area contributed by atoms with Crippen LogP contribution in [-0.4, -0.2) is 48.6 Å². The van der Waals surface area contributed by atoms with Crippen LogP contribution in [-0.2, 0) is 4.79 Å². The fourth-order valence-electron chi connectivity index (χ4n) is 1.74. The number of thiophene rings is 1. The van der Waals surface area contributed by atoms with Gasteiger partial charge in [0.2, 0.25) is 0 Å². The van der Waals surface area contributed by atoms with E-state index in [2.05, 4.69) is 10.2 Å². The third-order valence-corrected chi connectivity index (χ3v) is 4.15. The number of nitrogens with zero attached hydrogens (tertiary/aromatic N) is 1. The smallest absolute Gasteiger partial charge is 0.328 e. The molecule has 0 aliphatic rings. The fraction of sp³-hybridized carbons (Fsp3) is 0.467. The van der Waals surface area contributed by atoms with Crippen LogP contribution in [0, 0.1) is 6.92 Å². The molecular weight excluding hydrogens is 288 g/mol. The third-order valence-electron chi connectivity index (χ3n) is 2.94. The Labute approximate surface area is 129 Å². The van der Waals surface area contributed by atoms with Crippen LogP contribution in [0.1, 0.15) is 33.5 Å². The van der Waals surface area contributed by atoms with Crippen LogP contribution in [0.4, 0.5) is 0 Å². The average molecular weight is 310 g/mol. The lowest BCUT2D eigenvalue weighted by Crippen LogP contribution is -2.34. The maximum absolute atomic E-state index is 12.1. The molecule has 0 radical (unpaired) electrons. The Bertz CT molecular complexity index is 535. The number of nitrogens with one attached hydrogen (secondary N) is 1. The van der Waals surface area contributed by atoms with Crippen LogP contribution in [0.5, 0.6) is 0 Å². The van der Waals surface area contributed by atoms with E-state index in [0.29, 0.717) is 4.88 Å². The number of carboxylic acid groups (broad SMARTS) is 1. The molecule has 1 atom stereocenters. The normalized spacial score (nSPS) is 12.8. The summed E-state index contributed by atoms with van der Waals surface area (Å²) in [5, 5.41) is 11.6. The van der Waals surface area contributed by atoms with Crippen molar-refractivity contribution in [3.05, 3.63) is 27.5 Å². The molecule has 1 heterocycles. The largest absolute Gasteiger partial charge is 0.478 e. The summed E-state index contributed by atoms with van der Waals surface area (Å²) in [6, 6.07) is 1.89. The van der Waals surface area contributed by atoms with Gasteiger partial charge in [0.05, 0.1) is 4.88 Å². The quantitative estimate of drug-likeness (QED) is 0.758. The second-order valence-electron chi connectivity index (χ2n) is 5.30. The van der Waals surface area contributed by atoms with Crippen molar-refractivity contribution in [1.29, 1.82) is 0 Å². The Balaban J connectivity index is 2.66. The van der Waals surface area contributed by atoms with E-state index in [0.717, 1.165) is 29.5 Å². The van der Waals surface area contributed by atoms with E-state index in [1.807, 2.05) is 27.9 Å². The predicted molar refractivity (Wildman–Crippen MR) is 85.8 cm³/mol. The van der Waals surface area contributed by atoms with Gasteiger partial charge in [-0.05, 0) is 58.6 Å². The Hall–Kier alpha value is -1.66. The van der Waals surface area contributed by atoms with Gasteiger partial charge in [-0.3, -0.25) is 4.79 Å². The van der Waals surface area contributed by atoms with E-state index < -0.39 is 5.97 Å². The van der Waals surface area contributed by atoms with E-state index in [1.54, 1.807) is 6.07 Å². The van der Waals surface area contributed by atoms with Gasteiger partial charge in [0, 0.05) is 17.0 Å². The summed E-state index contributed by atoms with van der Waals surface area (Å²) in [7, 11) is 4.00. The summed E-state index contributed by atoms with van der Waals surface area (Å²) >= 11 is 1.30. The zero-order valence-corrected chi connectivity index (χ0v) is 13.7. The summed E-state index contributed by atoms with van der Waals surface area (Å²) in [5.74, 6) is -1.10. The number of carbonyl (C=O) groups excluding carboxylic acids is 1. The summed E-state index contributed by atoms with van der Waals surface area (Å²) in [4.78, 5) is 26.2. The van der Waals surface area contributed by atoms with Gasteiger partial charge in [0.1, 0.15) is 0 Å². The van der Waals surface area contributed by atoms with Crippen LogP contribution < -0.4 is 5.32 Å². The summed E-state index contributed by atoms with van der Waals surface area (Å²) in [5.41, 5.74) is 0.906. The molecule has 0 saturated heterocycles. The lowest BCUT2D eigenvalue weighted by molar-refractivity contribution is -0.131. The first-order valence-electron chi connectivity index (χ1n) is 6.76. The molecule has 1 aromatic heterocycles. The molecule has 0 bridgehead atoms. The molecule has 0 saturated carbocycles. The highest BCUT2D eigenvalue weighted by atomic mass is 32.1. The van der Waals surface area contributed by atoms with Crippen molar-refractivity contribution < 1.29 is 14.7 Å². The van der Waals surface area contributed by atoms with E-state index in [9.17, 15) is 9.59 Å². The van der Waals surface area contributed by atoms with E-state index in [1.165, 1.54) is 17.4 Å². The van der Waals surface area contributed by atoms with Gasteiger partial charge < -0.3 is 15.3 Å². The molecule has 6 heteroatoms. The van der Waals surface area contributed by atoms with Gasteiger partial charge in [-0.2, -0.15) is 0 Å². The number of carbonyl (C=O) groups is 2. The number of aliphatic carboxylic acids is 1. The van der Waals surface area contributed by atoms with E-state index in [4.69, 9.17) is 5.11 Å². The topological polar surface area (TPSA) is 69.6 Å². The van der Waals surface area contributed by atoms with Crippen LogP contribution in [0.2, 0.25) is 0 Å². The number of hydrogen-bond acceptors (Lipinski definition) is 4. The van der Waals surface area contributed by atoms with Crippen LogP contribution in [0.3, 0.4) is 0 Å². The first kappa shape index (κ1) is 17.4. The molecule has 1 unspecified atom stereocenters. The molecule has 0 aliphatic carbocycles. The minimum Gasteiger partial charge on any atom is -0.478 e. The van der Waals surface area contributed by atoms with Crippen molar-refractivity contribution in [2.45, 2.75) is 26.3 Å². The van der Waals surface area contributed by atoms with Crippen molar-refractivity contribution >= 4 is 29.3 Å². The van der Waals surface area contributed by atoms with Crippen molar-refractivity contribution in [2.24, 2.45) is 0 Å². The van der Waals surface area contributed by atoms with Crippen molar-refractivity contribution in [2.75, 3.05) is 20.6 Å². The Morgan fingerprint density at radius 2 is 2.14 bits per heavy atom. The van der Waals surface area contributed by atoms with Gasteiger partial charge in [0.25, 0.3) is 5.91 Å². The van der Waals surface area contributed by atoms with Crippen LogP contribution in [0.25, 0.3) is 6.08 Å². The second-order valence-corrected chi connectivity index (χ2v) is 6.38. The molecule has 116 valence electrons.